The second-order valence-corrected chi connectivity index (χ2v) is 7.02. The SMILES string of the molecule is COc1ccccc1C(=O)N1CC[C@H](S(C)(=O)=O)C1. The Hall–Kier alpha value is -1.56. The van der Waals surface area contributed by atoms with Gasteiger partial charge in [-0.05, 0) is 18.6 Å². The van der Waals surface area contributed by atoms with Crippen molar-refractivity contribution in [2.45, 2.75) is 11.7 Å². The summed E-state index contributed by atoms with van der Waals surface area (Å²) in [6.07, 6.45) is 1.72. The van der Waals surface area contributed by atoms with Crippen LogP contribution in [0.3, 0.4) is 0 Å². The molecule has 6 heteroatoms. The van der Waals surface area contributed by atoms with Gasteiger partial charge in [0.25, 0.3) is 5.91 Å². The van der Waals surface area contributed by atoms with Crippen LogP contribution >= 0.6 is 0 Å². The zero-order valence-corrected chi connectivity index (χ0v) is 11.8. The highest BCUT2D eigenvalue weighted by atomic mass is 32.2. The van der Waals surface area contributed by atoms with Gasteiger partial charge in [0.15, 0.2) is 9.84 Å². The molecule has 0 bridgehead atoms. The van der Waals surface area contributed by atoms with Gasteiger partial charge in [0.2, 0.25) is 0 Å². The average molecular weight is 283 g/mol. The molecule has 1 aliphatic heterocycles. The fourth-order valence-corrected chi connectivity index (χ4v) is 3.24. The van der Waals surface area contributed by atoms with Gasteiger partial charge >= 0.3 is 0 Å². The van der Waals surface area contributed by atoms with Gasteiger partial charge < -0.3 is 9.64 Å². The molecule has 0 radical (unpaired) electrons. The number of rotatable bonds is 3. The third-order valence-corrected chi connectivity index (χ3v) is 4.97. The Bertz CT molecular complexity index is 582. The molecule has 1 heterocycles. The largest absolute Gasteiger partial charge is 0.496 e. The Kier molecular flexibility index (Phi) is 3.80. The number of carbonyl (C=O) groups is 1. The lowest BCUT2D eigenvalue weighted by Gasteiger charge is -2.17. The lowest BCUT2D eigenvalue weighted by molar-refractivity contribution is 0.0790. The molecule has 0 aromatic heterocycles. The molecule has 1 fully saturated rings. The highest BCUT2D eigenvalue weighted by molar-refractivity contribution is 7.91. The molecular weight excluding hydrogens is 266 g/mol. The Morgan fingerprint density at radius 3 is 2.63 bits per heavy atom. The van der Waals surface area contributed by atoms with Gasteiger partial charge in [0.05, 0.1) is 17.9 Å². The highest BCUT2D eigenvalue weighted by Crippen LogP contribution is 2.23. The van der Waals surface area contributed by atoms with Gasteiger partial charge in [0, 0.05) is 19.3 Å². The zero-order valence-electron chi connectivity index (χ0n) is 11.0. The van der Waals surface area contributed by atoms with Crippen molar-refractivity contribution in [2.75, 3.05) is 26.5 Å². The van der Waals surface area contributed by atoms with Gasteiger partial charge in [-0.1, -0.05) is 12.1 Å². The normalized spacial score (nSPS) is 19.5. The monoisotopic (exact) mass is 283 g/mol. The summed E-state index contributed by atoms with van der Waals surface area (Å²) in [4.78, 5) is 13.9. The molecule has 5 nitrogen and oxygen atoms in total. The summed E-state index contributed by atoms with van der Waals surface area (Å²) >= 11 is 0. The number of sulfone groups is 1. The first-order valence-corrected chi connectivity index (χ1v) is 8.00. The lowest BCUT2D eigenvalue weighted by atomic mass is 10.2. The predicted molar refractivity (Wildman–Crippen MR) is 72.1 cm³/mol. The molecule has 104 valence electrons. The first kappa shape index (κ1) is 13.9. The molecule has 1 aromatic rings. The van der Waals surface area contributed by atoms with Crippen LogP contribution in [0.25, 0.3) is 0 Å². The number of amides is 1. The van der Waals surface area contributed by atoms with Crippen molar-refractivity contribution in [2.24, 2.45) is 0 Å². The lowest BCUT2D eigenvalue weighted by Crippen LogP contribution is -2.31. The number of hydrogen-bond acceptors (Lipinski definition) is 4. The van der Waals surface area contributed by atoms with E-state index in [2.05, 4.69) is 0 Å². The summed E-state index contributed by atoms with van der Waals surface area (Å²) in [6.45, 7) is 0.727. The van der Waals surface area contributed by atoms with E-state index in [0.29, 0.717) is 24.3 Å². The molecule has 1 atom stereocenters. The van der Waals surface area contributed by atoms with Crippen molar-refractivity contribution in [1.82, 2.24) is 4.90 Å². The van der Waals surface area contributed by atoms with Crippen molar-refractivity contribution in [3.63, 3.8) is 0 Å². The minimum atomic E-state index is -3.09. The number of hydrogen-bond donors (Lipinski definition) is 0. The Morgan fingerprint density at radius 1 is 1.37 bits per heavy atom. The van der Waals surface area contributed by atoms with Crippen LogP contribution in [0, 0.1) is 0 Å². The van der Waals surface area contributed by atoms with Gasteiger partial charge in [-0.25, -0.2) is 8.42 Å². The fraction of sp³-hybridized carbons (Fsp3) is 0.462. The van der Waals surface area contributed by atoms with Crippen LogP contribution in [-0.4, -0.2) is 50.9 Å². The van der Waals surface area contributed by atoms with E-state index in [0.717, 1.165) is 0 Å². The predicted octanol–water partition coefficient (Wildman–Crippen LogP) is 0.954. The second-order valence-electron chi connectivity index (χ2n) is 4.69. The number of nitrogens with zero attached hydrogens (tertiary/aromatic N) is 1. The maximum absolute atomic E-state index is 12.4. The standard InChI is InChI=1S/C13H17NO4S/c1-18-12-6-4-3-5-11(12)13(15)14-8-7-10(9-14)19(2,16)17/h3-6,10H,7-9H2,1-2H3/t10-/m0/s1. The van der Waals surface area contributed by atoms with Crippen LogP contribution < -0.4 is 4.74 Å². The smallest absolute Gasteiger partial charge is 0.257 e. The van der Waals surface area contributed by atoms with E-state index < -0.39 is 15.1 Å². The van der Waals surface area contributed by atoms with Crippen molar-refractivity contribution < 1.29 is 17.9 Å². The number of carbonyl (C=O) groups excluding carboxylic acids is 1. The van der Waals surface area contributed by atoms with Gasteiger partial charge in [-0.3, -0.25) is 4.79 Å². The quantitative estimate of drug-likeness (QED) is 0.828. The number of methoxy groups -OCH3 is 1. The molecule has 1 aromatic carbocycles. The summed E-state index contributed by atoms with van der Waals surface area (Å²) in [5, 5.41) is -0.453. The molecule has 1 amide bonds. The molecule has 0 unspecified atom stereocenters. The van der Waals surface area contributed by atoms with E-state index in [-0.39, 0.29) is 12.5 Å². The van der Waals surface area contributed by atoms with Crippen molar-refractivity contribution in [3.8, 4) is 5.75 Å². The van der Waals surface area contributed by atoms with E-state index in [1.807, 2.05) is 0 Å². The van der Waals surface area contributed by atoms with E-state index in [4.69, 9.17) is 4.74 Å². The van der Waals surface area contributed by atoms with Crippen molar-refractivity contribution in [3.05, 3.63) is 29.8 Å². The van der Waals surface area contributed by atoms with Crippen LogP contribution in [0.15, 0.2) is 24.3 Å². The van der Waals surface area contributed by atoms with Crippen LogP contribution in [0.2, 0.25) is 0 Å². The van der Waals surface area contributed by atoms with E-state index in [9.17, 15) is 13.2 Å². The number of likely N-dealkylation sites (tertiary alicyclic amines) is 1. The Balaban J connectivity index is 2.18. The molecule has 0 aliphatic carbocycles. The van der Waals surface area contributed by atoms with Gasteiger partial charge in [-0.15, -0.1) is 0 Å². The molecular formula is C13H17NO4S. The second kappa shape index (κ2) is 5.21. The first-order valence-electron chi connectivity index (χ1n) is 6.04. The van der Waals surface area contributed by atoms with Crippen LogP contribution in [-0.2, 0) is 9.84 Å². The third-order valence-electron chi connectivity index (χ3n) is 3.38. The molecule has 1 saturated heterocycles. The minimum Gasteiger partial charge on any atom is -0.496 e. The summed E-state index contributed by atoms with van der Waals surface area (Å²) in [5.41, 5.74) is 0.471. The fourth-order valence-electron chi connectivity index (χ4n) is 2.25. The average Bonchev–Trinajstić information content (AvgIpc) is 2.87. The summed E-state index contributed by atoms with van der Waals surface area (Å²) in [7, 11) is -1.58. The van der Waals surface area contributed by atoms with E-state index in [1.165, 1.54) is 13.4 Å². The van der Waals surface area contributed by atoms with Gasteiger partial charge in [0.1, 0.15) is 5.75 Å². The van der Waals surface area contributed by atoms with E-state index in [1.54, 1.807) is 29.2 Å². The number of para-hydroxylation sites is 1. The van der Waals surface area contributed by atoms with Crippen LogP contribution in [0.4, 0.5) is 0 Å². The molecule has 0 N–H and O–H groups in total. The van der Waals surface area contributed by atoms with Crippen LogP contribution in [0.1, 0.15) is 16.8 Å². The first-order chi connectivity index (χ1) is 8.93. The maximum atomic E-state index is 12.4. The topological polar surface area (TPSA) is 63.7 Å². The van der Waals surface area contributed by atoms with Crippen molar-refractivity contribution >= 4 is 15.7 Å². The molecule has 0 saturated carbocycles. The summed E-state index contributed by atoms with van der Waals surface area (Å²) < 4.78 is 28.2. The van der Waals surface area contributed by atoms with Gasteiger partial charge in [-0.2, -0.15) is 0 Å². The summed E-state index contributed by atoms with van der Waals surface area (Å²) in [6, 6.07) is 6.96. The molecule has 19 heavy (non-hydrogen) atoms. The number of ether oxygens (including phenoxy) is 1. The zero-order chi connectivity index (χ0) is 14.0. The Morgan fingerprint density at radius 2 is 2.05 bits per heavy atom. The van der Waals surface area contributed by atoms with Crippen LogP contribution in [0.5, 0.6) is 5.75 Å². The molecule has 0 spiro atoms. The molecule has 2 rings (SSSR count). The third kappa shape index (κ3) is 2.89. The minimum absolute atomic E-state index is 0.177. The summed E-state index contributed by atoms with van der Waals surface area (Å²) in [5.74, 6) is 0.332. The van der Waals surface area contributed by atoms with E-state index >= 15 is 0 Å². The highest BCUT2D eigenvalue weighted by Gasteiger charge is 2.33. The Labute approximate surface area is 113 Å². The maximum Gasteiger partial charge on any atom is 0.257 e. The molecule has 1 aliphatic rings. The van der Waals surface area contributed by atoms with Crippen molar-refractivity contribution in [1.29, 1.82) is 0 Å². The number of benzene rings is 1.